The van der Waals surface area contributed by atoms with Gasteiger partial charge in [-0.05, 0) is 36.3 Å². The predicted molar refractivity (Wildman–Crippen MR) is 160 cm³/mol. The zero-order valence-electron chi connectivity index (χ0n) is 27.2. The molecular weight excluding hydrogens is 564 g/mol. The van der Waals surface area contributed by atoms with Gasteiger partial charge in [-0.3, -0.25) is 14.4 Å². The number of rotatable bonds is 12. The van der Waals surface area contributed by atoms with Gasteiger partial charge in [0.1, 0.15) is 12.2 Å². The molecule has 1 fully saturated rings. The highest BCUT2D eigenvalue weighted by Crippen LogP contribution is 2.41. The largest absolute Gasteiger partial charge is 0.457 e. The highest BCUT2D eigenvalue weighted by Gasteiger charge is 2.55. The fraction of sp³-hybridized carbons (Fsp3) is 0.828. The summed E-state index contributed by atoms with van der Waals surface area (Å²) in [5.41, 5.74) is 0. The molecule has 0 radical (unpaired) electrons. The van der Waals surface area contributed by atoms with Crippen LogP contribution in [0.15, 0.2) is 0 Å². The van der Waals surface area contributed by atoms with Gasteiger partial charge in [-0.1, -0.05) is 47.5 Å². The fourth-order valence-corrected chi connectivity index (χ4v) is 5.94. The van der Waals surface area contributed by atoms with Crippen LogP contribution >= 0.6 is 0 Å². The molecule has 0 amide bonds. The Morgan fingerprint density at radius 2 is 1.34 bits per heavy atom. The van der Waals surface area contributed by atoms with Crippen LogP contribution < -0.4 is 0 Å². The van der Waals surface area contributed by atoms with Crippen LogP contribution in [0.4, 0.5) is 0 Å². The lowest BCUT2D eigenvalue weighted by atomic mass is 9.98. The number of esters is 3. The Labute approximate surface area is 248 Å². The molecule has 1 heterocycles. The second-order valence-corrected chi connectivity index (χ2v) is 23.1. The van der Waals surface area contributed by atoms with E-state index in [0.717, 1.165) is 0 Å². The molecule has 6 atom stereocenters. The summed E-state index contributed by atoms with van der Waals surface area (Å²) in [4.78, 5) is 36.0. The van der Waals surface area contributed by atoms with E-state index >= 15 is 0 Å². The van der Waals surface area contributed by atoms with Crippen molar-refractivity contribution in [2.75, 3.05) is 13.2 Å². The van der Waals surface area contributed by atoms with Crippen molar-refractivity contribution in [2.24, 2.45) is 0 Å². The van der Waals surface area contributed by atoms with Crippen LogP contribution in [0.1, 0.15) is 68.7 Å². The maximum Gasteiger partial charge on any atom is 0.303 e. The summed E-state index contributed by atoms with van der Waals surface area (Å²) in [7, 11) is -4.74. The molecular formula is C29H52O10Si2. The fourth-order valence-electron chi connectivity index (χ4n) is 3.62. The lowest BCUT2D eigenvalue weighted by Gasteiger charge is -2.49. The van der Waals surface area contributed by atoms with Crippen molar-refractivity contribution in [2.45, 2.75) is 142 Å². The third kappa shape index (κ3) is 11.1. The van der Waals surface area contributed by atoms with Gasteiger partial charge in [-0.25, -0.2) is 0 Å². The van der Waals surface area contributed by atoms with Crippen LogP contribution in [-0.4, -0.2) is 84.6 Å². The summed E-state index contributed by atoms with van der Waals surface area (Å²) >= 11 is 0. The minimum atomic E-state index is -2.51. The van der Waals surface area contributed by atoms with E-state index in [0.29, 0.717) is 0 Å². The van der Waals surface area contributed by atoms with Crippen molar-refractivity contribution in [3.8, 4) is 12.3 Å². The van der Waals surface area contributed by atoms with Gasteiger partial charge in [0.15, 0.2) is 41.2 Å². The summed E-state index contributed by atoms with van der Waals surface area (Å²) < 4.78 is 42.4. The first-order chi connectivity index (χ1) is 18.5. The van der Waals surface area contributed by atoms with Crippen molar-refractivity contribution in [3.05, 3.63) is 0 Å². The monoisotopic (exact) mass is 616 g/mol. The van der Waals surface area contributed by atoms with E-state index in [1.807, 2.05) is 0 Å². The first kappa shape index (κ1) is 37.3. The molecule has 1 aliphatic heterocycles. The van der Waals surface area contributed by atoms with Gasteiger partial charge < -0.3 is 32.5 Å². The number of terminal acetylenes is 1. The number of carbonyl (C=O) groups excluding carboxylic acids is 3. The van der Waals surface area contributed by atoms with Crippen molar-refractivity contribution < 1.29 is 46.9 Å². The minimum absolute atomic E-state index is 0.0332. The summed E-state index contributed by atoms with van der Waals surface area (Å²) in [5, 5.41) is -0.285. The van der Waals surface area contributed by atoms with Gasteiger partial charge in [0.2, 0.25) is 0 Å². The Morgan fingerprint density at radius 3 is 1.78 bits per heavy atom. The number of hydrogen-bond donors (Lipinski definition) is 0. The second kappa shape index (κ2) is 14.6. The van der Waals surface area contributed by atoms with E-state index in [1.54, 1.807) is 0 Å². The lowest BCUT2D eigenvalue weighted by molar-refractivity contribution is -0.303. The molecule has 12 heteroatoms. The van der Waals surface area contributed by atoms with E-state index in [2.05, 4.69) is 73.7 Å². The maximum absolute atomic E-state index is 12.4. The first-order valence-corrected chi connectivity index (χ1v) is 19.9. The molecule has 0 aromatic rings. The molecule has 41 heavy (non-hydrogen) atoms. The molecule has 1 aliphatic rings. The van der Waals surface area contributed by atoms with Crippen LogP contribution in [0.3, 0.4) is 0 Å². The molecule has 0 aromatic heterocycles. The zero-order chi connectivity index (χ0) is 32.0. The molecule has 10 nitrogen and oxygen atoms in total. The molecule has 0 aliphatic carbocycles. The Kier molecular flexibility index (Phi) is 13.3. The molecule has 1 saturated heterocycles. The topological polar surface area (TPSA) is 116 Å². The van der Waals surface area contributed by atoms with Crippen molar-refractivity contribution >= 4 is 34.5 Å². The number of carbonyl (C=O) groups is 3. The lowest BCUT2D eigenvalue weighted by Crippen LogP contribution is -2.65. The predicted octanol–water partition coefficient (Wildman–Crippen LogP) is 4.96. The minimum Gasteiger partial charge on any atom is -0.457 e. The molecule has 0 spiro atoms. The standard InChI is InChI=1S/C29H52O10Si2/c1-15-22(35-19(2)30)16-17-33-27-26(37-21(4)32)25(39-41(13,14)29(8,9)10)24(36-20(3)31)23(38-27)18-34-40(11,12)28(5,6)7/h1,22-27H,16-18H2,2-14H3/t22-,23+,24+,25-,26+,27+/m0/s1. The zero-order valence-corrected chi connectivity index (χ0v) is 29.2. The molecule has 0 aromatic carbocycles. The Morgan fingerprint density at radius 1 is 0.829 bits per heavy atom. The van der Waals surface area contributed by atoms with Gasteiger partial charge in [0.05, 0.1) is 13.2 Å². The number of ether oxygens (including phenoxy) is 5. The van der Waals surface area contributed by atoms with Crippen molar-refractivity contribution in [1.29, 1.82) is 0 Å². The molecule has 236 valence electrons. The van der Waals surface area contributed by atoms with Crippen LogP contribution in [0.2, 0.25) is 36.3 Å². The van der Waals surface area contributed by atoms with E-state index in [1.165, 1.54) is 20.8 Å². The maximum atomic E-state index is 12.4. The normalized spacial score (nSPS) is 24.6. The third-order valence-electron chi connectivity index (χ3n) is 8.00. The van der Waals surface area contributed by atoms with Crippen molar-refractivity contribution in [1.82, 2.24) is 0 Å². The van der Waals surface area contributed by atoms with Crippen LogP contribution in [0.5, 0.6) is 0 Å². The van der Waals surface area contributed by atoms with Crippen LogP contribution in [-0.2, 0) is 46.9 Å². The Balaban J connectivity index is 3.53. The van der Waals surface area contributed by atoms with E-state index in [-0.39, 0.29) is 29.7 Å². The summed E-state index contributed by atoms with van der Waals surface area (Å²) in [6, 6.07) is 0. The van der Waals surface area contributed by atoms with Gasteiger partial charge in [0, 0.05) is 27.2 Å². The Hall–Kier alpha value is -1.76. The highest BCUT2D eigenvalue weighted by molar-refractivity contribution is 6.74. The summed E-state index contributed by atoms with van der Waals surface area (Å²) in [5.74, 6) is 0.810. The van der Waals surface area contributed by atoms with Gasteiger partial charge in [-0.2, -0.15) is 0 Å². The van der Waals surface area contributed by atoms with E-state index in [4.69, 9.17) is 39.0 Å². The molecule has 0 saturated carbocycles. The molecule has 0 bridgehead atoms. The first-order valence-electron chi connectivity index (χ1n) is 14.1. The average molecular weight is 617 g/mol. The van der Waals surface area contributed by atoms with Gasteiger partial charge in [-0.15, -0.1) is 6.42 Å². The van der Waals surface area contributed by atoms with Crippen LogP contribution in [0, 0.1) is 12.3 Å². The summed E-state index contributed by atoms with van der Waals surface area (Å²) in [6.45, 7) is 25.0. The van der Waals surface area contributed by atoms with Crippen LogP contribution in [0.25, 0.3) is 0 Å². The van der Waals surface area contributed by atoms with Gasteiger partial charge >= 0.3 is 17.9 Å². The van der Waals surface area contributed by atoms with Gasteiger partial charge in [0.25, 0.3) is 0 Å². The molecule has 0 N–H and O–H groups in total. The van der Waals surface area contributed by atoms with E-state index in [9.17, 15) is 14.4 Å². The summed E-state index contributed by atoms with van der Waals surface area (Å²) in [6.07, 6.45) is 0.133. The highest BCUT2D eigenvalue weighted by atomic mass is 28.4. The quantitative estimate of drug-likeness (QED) is 0.129. The smallest absolute Gasteiger partial charge is 0.303 e. The average Bonchev–Trinajstić information content (AvgIpc) is 2.78. The third-order valence-corrected chi connectivity index (χ3v) is 17.0. The van der Waals surface area contributed by atoms with E-state index < -0.39 is 71.4 Å². The Bertz CT molecular complexity index is 945. The van der Waals surface area contributed by atoms with Crippen molar-refractivity contribution in [3.63, 3.8) is 0 Å². The SMILES string of the molecule is C#C[C@@H](CCO[C@@H]1O[C@H](CO[Si](C)(C)C(C)(C)C)[C@@H](OC(C)=O)[C@H](O[Si](C)(C)C(C)(C)C)[C@H]1OC(C)=O)OC(C)=O. The second-order valence-electron chi connectivity index (χ2n) is 13.5. The number of hydrogen-bond acceptors (Lipinski definition) is 10. The molecule has 0 unspecified atom stereocenters. The molecule has 1 rings (SSSR count).